The molecule has 1 aromatic heterocycles. The van der Waals surface area contributed by atoms with Crippen LogP contribution in [-0.4, -0.2) is 34.8 Å². The van der Waals surface area contributed by atoms with Gasteiger partial charge in [0.25, 0.3) is 0 Å². The first kappa shape index (κ1) is 11.6. The monoisotopic (exact) mass is 267 g/mol. The van der Waals surface area contributed by atoms with Crippen LogP contribution in [0, 0.1) is 0 Å². The largest absolute Gasteiger partial charge is 0.339 e. The van der Waals surface area contributed by atoms with Crippen molar-refractivity contribution in [2.75, 3.05) is 29.4 Å². The van der Waals surface area contributed by atoms with E-state index in [1.54, 1.807) is 6.20 Å². The van der Waals surface area contributed by atoms with Crippen LogP contribution < -0.4 is 9.80 Å². The van der Waals surface area contributed by atoms with Gasteiger partial charge in [0.15, 0.2) is 5.82 Å². The molecular formula is C15H17N5. The molecule has 5 nitrogen and oxygen atoms in total. The number of benzene rings is 1. The van der Waals surface area contributed by atoms with Crippen LogP contribution in [0.4, 0.5) is 17.5 Å². The molecule has 2 aliphatic heterocycles. The van der Waals surface area contributed by atoms with Crippen LogP contribution in [0.2, 0.25) is 0 Å². The van der Waals surface area contributed by atoms with Gasteiger partial charge in [-0.1, -0.05) is 18.2 Å². The zero-order chi connectivity index (χ0) is 13.4. The Kier molecular flexibility index (Phi) is 2.76. The third-order valence-electron chi connectivity index (χ3n) is 4.09. The van der Waals surface area contributed by atoms with E-state index >= 15 is 0 Å². The van der Waals surface area contributed by atoms with Gasteiger partial charge in [0, 0.05) is 25.3 Å². The summed E-state index contributed by atoms with van der Waals surface area (Å²) in [5, 5.41) is 8.34. The van der Waals surface area contributed by atoms with Crippen molar-refractivity contribution in [2.24, 2.45) is 0 Å². The summed E-state index contributed by atoms with van der Waals surface area (Å²) in [4.78, 5) is 9.17. The van der Waals surface area contributed by atoms with Crippen LogP contribution in [0.3, 0.4) is 0 Å². The topological polar surface area (TPSA) is 45.2 Å². The average molecular weight is 267 g/mol. The Balaban J connectivity index is 1.68. The van der Waals surface area contributed by atoms with Gasteiger partial charge in [0.05, 0.1) is 6.20 Å². The van der Waals surface area contributed by atoms with E-state index < -0.39 is 0 Å². The molecule has 0 saturated carbocycles. The Hall–Kier alpha value is -2.17. The van der Waals surface area contributed by atoms with Crippen LogP contribution >= 0.6 is 0 Å². The second-order valence-electron chi connectivity index (χ2n) is 5.34. The van der Waals surface area contributed by atoms with E-state index in [1.165, 1.54) is 24.1 Å². The second-order valence-corrected chi connectivity index (χ2v) is 5.34. The highest BCUT2D eigenvalue weighted by atomic mass is 15.4. The van der Waals surface area contributed by atoms with E-state index in [0.29, 0.717) is 0 Å². The van der Waals surface area contributed by atoms with Gasteiger partial charge in [-0.05, 0) is 30.9 Å². The molecule has 1 saturated heterocycles. The lowest BCUT2D eigenvalue weighted by Gasteiger charge is -2.20. The van der Waals surface area contributed by atoms with Crippen molar-refractivity contribution in [3.63, 3.8) is 0 Å². The van der Waals surface area contributed by atoms with Gasteiger partial charge in [-0.3, -0.25) is 0 Å². The molecule has 0 radical (unpaired) electrons. The smallest absolute Gasteiger partial charge is 0.247 e. The molecule has 20 heavy (non-hydrogen) atoms. The minimum Gasteiger partial charge on any atom is -0.339 e. The molecule has 0 aliphatic carbocycles. The summed E-state index contributed by atoms with van der Waals surface area (Å²) in [6, 6.07) is 8.51. The van der Waals surface area contributed by atoms with E-state index in [9.17, 15) is 0 Å². The van der Waals surface area contributed by atoms with Crippen LogP contribution in [0.15, 0.2) is 30.5 Å². The van der Waals surface area contributed by atoms with Gasteiger partial charge in [0.2, 0.25) is 5.95 Å². The highest BCUT2D eigenvalue weighted by Gasteiger charge is 2.23. The first-order chi connectivity index (χ1) is 9.92. The molecule has 0 bridgehead atoms. The minimum atomic E-state index is 0.768. The fourth-order valence-electron chi connectivity index (χ4n) is 3.04. The molecule has 1 fully saturated rings. The Morgan fingerprint density at radius 2 is 1.85 bits per heavy atom. The molecule has 0 N–H and O–H groups in total. The average Bonchev–Trinajstić information content (AvgIpc) is 3.17. The summed E-state index contributed by atoms with van der Waals surface area (Å²) in [6.07, 6.45) is 5.28. The van der Waals surface area contributed by atoms with E-state index in [4.69, 9.17) is 4.98 Å². The first-order valence-corrected chi connectivity index (χ1v) is 7.22. The molecule has 1 aromatic carbocycles. The van der Waals surface area contributed by atoms with Crippen LogP contribution in [0.1, 0.15) is 18.4 Å². The zero-order valence-corrected chi connectivity index (χ0v) is 11.4. The maximum absolute atomic E-state index is 4.71. The predicted octanol–water partition coefficient (Wildman–Crippen LogP) is 2.17. The molecule has 5 heteroatoms. The molecular weight excluding hydrogens is 250 g/mol. The van der Waals surface area contributed by atoms with Gasteiger partial charge in [-0.2, -0.15) is 10.1 Å². The third kappa shape index (κ3) is 1.90. The number of nitrogens with zero attached hydrogens (tertiary/aromatic N) is 5. The predicted molar refractivity (Wildman–Crippen MR) is 78.4 cm³/mol. The van der Waals surface area contributed by atoms with Crippen molar-refractivity contribution >= 4 is 17.5 Å². The quantitative estimate of drug-likeness (QED) is 0.834. The fourth-order valence-corrected chi connectivity index (χ4v) is 3.04. The Morgan fingerprint density at radius 3 is 2.75 bits per heavy atom. The van der Waals surface area contributed by atoms with Crippen molar-refractivity contribution < 1.29 is 0 Å². The lowest BCUT2D eigenvalue weighted by molar-refractivity contribution is 0.837. The van der Waals surface area contributed by atoms with Crippen LogP contribution in [0.25, 0.3) is 0 Å². The fraction of sp³-hybridized carbons (Fsp3) is 0.400. The SMILES string of the molecule is c1ccc2c(c1)CCN2c1cnnc(N2CCCC2)n1. The summed E-state index contributed by atoms with van der Waals surface area (Å²) in [6.45, 7) is 3.06. The maximum Gasteiger partial charge on any atom is 0.247 e. The second kappa shape index (κ2) is 4.74. The third-order valence-corrected chi connectivity index (χ3v) is 4.09. The van der Waals surface area contributed by atoms with Crippen LogP contribution in [-0.2, 0) is 6.42 Å². The lowest BCUT2D eigenvalue weighted by atomic mass is 10.2. The Morgan fingerprint density at radius 1 is 1.00 bits per heavy atom. The van der Waals surface area contributed by atoms with Gasteiger partial charge in [-0.15, -0.1) is 5.10 Å². The van der Waals surface area contributed by atoms with Gasteiger partial charge < -0.3 is 9.80 Å². The van der Waals surface area contributed by atoms with Crippen LogP contribution in [0.5, 0.6) is 0 Å². The molecule has 0 unspecified atom stereocenters. The number of hydrogen-bond acceptors (Lipinski definition) is 5. The molecule has 2 aliphatic rings. The lowest BCUT2D eigenvalue weighted by Crippen LogP contribution is -2.23. The highest BCUT2D eigenvalue weighted by Crippen LogP contribution is 2.33. The molecule has 3 heterocycles. The zero-order valence-electron chi connectivity index (χ0n) is 11.4. The summed E-state index contributed by atoms with van der Waals surface area (Å²) < 4.78 is 0. The van der Waals surface area contributed by atoms with Crippen molar-refractivity contribution in [1.82, 2.24) is 15.2 Å². The number of fused-ring (bicyclic) bond motifs is 1. The Bertz CT molecular complexity index is 621. The number of rotatable bonds is 2. The standard InChI is InChI=1S/C15H17N5/c1-2-6-13-12(5-1)7-10-20(13)14-11-16-18-15(17-14)19-8-3-4-9-19/h1-2,5-6,11H,3-4,7-10H2. The summed E-state index contributed by atoms with van der Waals surface area (Å²) >= 11 is 0. The van der Waals surface area contributed by atoms with Gasteiger partial charge in [0.1, 0.15) is 0 Å². The molecule has 2 aromatic rings. The van der Waals surface area contributed by atoms with Crippen molar-refractivity contribution in [2.45, 2.75) is 19.3 Å². The molecule has 0 amide bonds. The number of hydrogen-bond donors (Lipinski definition) is 0. The first-order valence-electron chi connectivity index (χ1n) is 7.22. The van der Waals surface area contributed by atoms with E-state index in [2.05, 4.69) is 44.3 Å². The van der Waals surface area contributed by atoms with Gasteiger partial charge >= 0.3 is 0 Å². The molecule has 0 spiro atoms. The minimum absolute atomic E-state index is 0.768. The number of para-hydroxylation sites is 1. The molecule has 102 valence electrons. The molecule has 4 rings (SSSR count). The molecule has 0 atom stereocenters. The van der Waals surface area contributed by atoms with Crippen molar-refractivity contribution in [3.8, 4) is 0 Å². The summed E-state index contributed by atoms with van der Waals surface area (Å²) in [7, 11) is 0. The van der Waals surface area contributed by atoms with Crippen molar-refractivity contribution in [3.05, 3.63) is 36.0 Å². The normalized spacial score (nSPS) is 17.6. The highest BCUT2D eigenvalue weighted by molar-refractivity contribution is 5.67. The van der Waals surface area contributed by atoms with Crippen molar-refractivity contribution in [1.29, 1.82) is 0 Å². The maximum atomic E-state index is 4.71. The van der Waals surface area contributed by atoms with Gasteiger partial charge in [-0.25, -0.2) is 0 Å². The Labute approximate surface area is 118 Å². The van der Waals surface area contributed by atoms with E-state index in [1.807, 2.05) is 0 Å². The summed E-state index contributed by atoms with van der Waals surface area (Å²) in [5.41, 5.74) is 2.63. The summed E-state index contributed by atoms with van der Waals surface area (Å²) in [5.74, 6) is 1.68. The number of aromatic nitrogens is 3. The van der Waals surface area contributed by atoms with E-state index in [0.717, 1.165) is 37.8 Å². The number of anilines is 3. The van der Waals surface area contributed by atoms with E-state index in [-0.39, 0.29) is 0 Å².